The lowest BCUT2D eigenvalue weighted by molar-refractivity contribution is -0.132. The number of fused-ring (bicyclic) bond motifs is 1. The van der Waals surface area contributed by atoms with Gasteiger partial charge in [-0.1, -0.05) is 6.92 Å². The summed E-state index contributed by atoms with van der Waals surface area (Å²) >= 11 is 0. The van der Waals surface area contributed by atoms with Gasteiger partial charge in [-0.15, -0.1) is 0 Å². The van der Waals surface area contributed by atoms with Crippen LogP contribution in [-0.2, 0) is 16.0 Å². The first-order chi connectivity index (χ1) is 10.9. The summed E-state index contributed by atoms with van der Waals surface area (Å²) in [7, 11) is 0. The second-order valence-corrected chi connectivity index (χ2v) is 6.00. The number of aryl methyl sites for hydroxylation is 2. The fourth-order valence-electron chi connectivity index (χ4n) is 3.23. The summed E-state index contributed by atoms with van der Waals surface area (Å²) in [4.78, 5) is 41.0. The molecule has 0 saturated heterocycles. The second-order valence-electron chi connectivity index (χ2n) is 6.00. The van der Waals surface area contributed by atoms with Gasteiger partial charge >= 0.3 is 0 Å². The topological polar surface area (TPSA) is 95.0 Å². The number of rotatable bonds is 2. The highest BCUT2D eigenvalue weighted by Gasteiger charge is 2.30. The van der Waals surface area contributed by atoms with Crippen LogP contribution in [0.2, 0.25) is 0 Å². The minimum Gasteiger partial charge on any atom is -0.398 e. The Kier molecular flexibility index (Phi) is 3.75. The number of hydrogen-bond acceptors (Lipinski definition) is 5. The molecular formula is C17H19N3O3. The maximum absolute atomic E-state index is 12.9. The molecule has 0 spiro atoms. The van der Waals surface area contributed by atoms with Crippen LogP contribution in [-0.4, -0.2) is 21.1 Å². The Hall–Kier alpha value is -2.50. The molecule has 1 fully saturated rings. The van der Waals surface area contributed by atoms with Crippen molar-refractivity contribution in [3.05, 3.63) is 33.9 Å². The van der Waals surface area contributed by atoms with Crippen molar-refractivity contribution in [1.82, 2.24) is 9.55 Å². The third kappa shape index (κ3) is 2.54. The van der Waals surface area contributed by atoms with E-state index in [1.807, 2.05) is 13.0 Å². The molecule has 0 amide bonds. The van der Waals surface area contributed by atoms with Crippen molar-refractivity contribution >= 4 is 28.2 Å². The van der Waals surface area contributed by atoms with Crippen molar-refractivity contribution in [3.63, 3.8) is 0 Å². The first-order valence-electron chi connectivity index (χ1n) is 7.78. The molecule has 1 aliphatic carbocycles. The quantitative estimate of drug-likeness (QED) is 0.672. The minimum absolute atomic E-state index is 0.0715. The summed E-state index contributed by atoms with van der Waals surface area (Å²) in [5.74, 6) is 0.178. The van der Waals surface area contributed by atoms with Crippen LogP contribution in [0.1, 0.15) is 43.6 Å². The van der Waals surface area contributed by atoms with E-state index < -0.39 is 6.04 Å². The average molecular weight is 313 g/mol. The van der Waals surface area contributed by atoms with Gasteiger partial charge in [-0.25, -0.2) is 4.98 Å². The van der Waals surface area contributed by atoms with Gasteiger partial charge in [-0.3, -0.25) is 19.0 Å². The number of Topliss-reactive ketones (excluding diaryl/α,β-unsaturated/α-hetero) is 2. The van der Waals surface area contributed by atoms with E-state index in [1.54, 1.807) is 13.0 Å². The van der Waals surface area contributed by atoms with Gasteiger partial charge in [0.1, 0.15) is 11.6 Å². The van der Waals surface area contributed by atoms with Gasteiger partial charge in [0.25, 0.3) is 5.56 Å². The van der Waals surface area contributed by atoms with Gasteiger partial charge in [0, 0.05) is 12.1 Å². The molecule has 2 aromatic rings. The molecule has 1 aliphatic rings. The molecule has 1 atom stereocenters. The molecule has 0 radical (unpaired) electrons. The van der Waals surface area contributed by atoms with E-state index in [0.717, 1.165) is 12.0 Å². The maximum atomic E-state index is 12.9. The Bertz CT molecular complexity index is 883. The smallest absolute Gasteiger partial charge is 0.264 e. The van der Waals surface area contributed by atoms with E-state index in [1.165, 1.54) is 4.57 Å². The van der Waals surface area contributed by atoms with E-state index in [0.29, 0.717) is 35.3 Å². The molecule has 1 aromatic carbocycles. The highest BCUT2D eigenvalue weighted by atomic mass is 16.2. The number of hydrogen-bond donors (Lipinski definition) is 1. The number of carbonyl (C=O) groups is 2. The van der Waals surface area contributed by atoms with Crippen LogP contribution < -0.4 is 11.3 Å². The first kappa shape index (κ1) is 15.4. The molecule has 1 saturated carbocycles. The fraction of sp³-hybridized carbons (Fsp3) is 0.412. The Morgan fingerprint density at radius 2 is 2.04 bits per heavy atom. The number of ketones is 2. The zero-order chi connectivity index (χ0) is 16.7. The van der Waals surface area contributed by atoms with Gasteiger partial charge in [-0.2, -0.15) is 0 Å². The molecule has 1 heterocycles. The predicted molar refractivity (Wildman–Crippen MR) is 87.4 cm³/mol. The third-order valence-corrected chi connectivity index (χ3v) is 4.43. The third-order valence-electron chi connectivity index (χ3n) is 4.43. The van der Waals surface area contributed by atoms with E-state index in [-0.39, 0.29) is 23.5 Å². The summed E-state index contributed by atoms with van der Waals surface area (Å²) < 4.78 is 1.40. The fourth-order valence-corrected chi connectivity index (χ4v) is 3.23. The highest BCUT2D eigenvalue weighted by molar-refractivity contribution is 6.03. The van der Waals surface area contributed by atoms with E-state index in [4.69, 9.17) is 5.73 Å². The van der Waals surface area contributed by atoms with Crippen molar-refractivity contribution in [2.45, 2.75) is 45.6 Å². The Labute approximate surface area is 133 Å². The predicted octanol–water partition coefficient (Wildman–Crippen LogP) is 1.71. The van der Waals surface area contributed by atoms with Gasteiger partial charge in [0.05, 0.1) is 23.4 Å². The summed E-state index contributed by atoms with van der Waals surface area (Å²) in [5, 5.41) is 0.345. The van der Waals surface area contributed by atoms with Crippen molar-refractivity contribution in [2.24, 2.45) is 0 Å². The molecule has 0 bridgehead atoms. The molecule has 1 aromatic heterocycles. The standard InChI is InChI=1S/C17H19N3O3/c1-3-10-6-12(18)16-13(7-10)19-9(2)20(17(16)23)14-5-4-11(21)8-15(14)22/h6-7,14H,3-5,8,18H2,1-2H3/t14-/m0/s1. The molecule has 3 rings (SSSR count). The monoisotopic (exact) mass is 313 g/mol. The molecular weight excluding hydrogens is 294 g/mol. The SMILES string of the molecule is CCc1cc(N)c2c(=O)n([C@H]3CCC(=O)CC3=O)c(C)nc2c1. The number of nitrogens with two attached hydrogens (primary N) is 1. The van der Waals surface area contributed by atoms with Crippen molar-refractivity contribution in [3.8, 4) is 0 Å². The van der Waals surface area contributed by atoms with Gasteiger partial charge < -0.3 is 5.73 Å². The Morgan fingerprint density at radius 3 is 2.70 bits per heavy atom. The van der Waals surface area contributed by atoms with E-state index >= 15 is 0 Å². The van der Waals surface area contributed by atoms with Crippen LogP contribution in [0.25, 0.3) is 10.9 Å². The van der Waals surface area contributed by atoms with Crippen molar-refractivity contribution in [2.75, 3.05) is 5.73 Å². The lowest BCUT2D eigenvalue weighted by Gasteiger charge is -2.24. The lowest BCUT2D eigenvalue weighted by atomic mass is 9.92. The van der Waals surface area contributed by atoms with Crippen molar-refractivity contribution in [1.29, 1.82) is 0 Å². The molecule has 0 unspecified atom stereocenters. The van der Waals surface area contributed by atoms with Crippen LogP contribution in [0.5, 0.6) is 0 Å². The Balaban J connectivity index is 2.23. The lowest BCUT2D eigenvalue weighted by Crippen LogP contribution is -2.36. The summed E-state index contributed by atoms with van der Waals surface area (Å²) in [6, 6.07) is 3.01. The number of nitrogens with zero attached hydrogens (tertiary/aromatic N) is 2. The van der Waals surface area contributed by atoms with Crippen LogP contribution >= 0.6 is 0 Å². The number of aromatic nitrogens is 2. The second kappa shape index (κ2) is 5.61. The van der Waals surface area contributed by atoms with Crippen LogP contribution in [0, 0.1) is 6.92 Å². The van der Waals surface area contributed by atoms with Crippen LogP contribution in [0.4, 0.5) is 5.69 Å². The van der Waals surface area contributed by atoms with Gasteiger partial charge in [-0.05, 0) is 37.5 Å². The van der Waals surface area contributed by atoms with Gasteiger partial charge in [0.2, 0.25) is 0 Å². The largest absolute Gasteiger partial charge is 0.398 e. The van der Waals surface area contributed by atoms with Gasteiger partial charge in [0.15, 0.2) is 5.78 Å². The first-order valence-corrected chi connectivity index (χ1v) is 7.78. The van der Waals surface area contributed by atoms with Crippen molar-refractivity contribution < 1.29 is 9.59 Å². The summed E-state index contributed by atoms with van der Waals surface area (Å²) in [6.07, 6.45) is 1.34. The number of nitrogen functional groups attached to an aromatic ring is 1. The molecule has 6 nitrogen and oxygen atoms in total. The van der Waals surface area contributed by atoms with Crippen LogP contribution in [0.3, 0.4) is 0 Å². The number of benzene rings is 1. The van der Waals surface area contributed by atoms with E-state index in [9.17, 15) is 14.4 Å². The minimum atomic E-state index is -0.623. The molecule has 6 heteroatoms. The maximum Gasteiger partial charge on any atom is 0.264 e. The zero-order valence-corrected chi connectivity index (χ0v) is 13.3. The summed E-state index contributed by atoms with van der Waals surface area (Å²) in [5.41, 5.74) is 7.69. The average Bonchev–Trinajstić information content (AvgIpc) is 2.48. The molecule has 0 aliphatic heterocycles. The number of anilines is 1. The zero-order valence-electron chi connectivity index (χ0n) is 13.3. The summed E-state index contributed by atoms with van der Waals surface area (Å²) in [6.45, 7) is 3.71. The normalized spacial score (nSPS) is 18.6. The van der Waals surface area contributed by atoms with Crippen LogP contribution in [0.15, 0.2) is 16.9 Å². The molecule has 23 heavy (non-hydrogen) atoms. The molecule has 120 valence electrons. The Morgan fingerprint density at radius 1 is 1.30 bits per heavy atom. The molecule has 2 N–H and O–H groups in total. The van der Waals surface area contributed by atoms with E-state index in [2.05, 4.69) is 4.98 Å². The number of carbonyl (C=O) groups excluding carboxylic acids is 2. The highest BCUT2D eigenvalue weighted by Crippen LogP contribution is 2.25.